The van der Waals surface area contributed by atoms with Crippen LogP contribution in [0.1, 0.15) is 39.5 Å². The van der Waals surface area contributed by atoms with Crippen LogP contribution in [0.4, 0.5) is 0 Å². The van der Waals surface area contributed by atoms with Gasteiger partial charge in [0.2, 0.25) is 17.7 Å². The summed E-state index contributed by atoms with van der Waals surface area (Å²) >= 11 is 0. The number of aliphatic carboxylic acids is 1. The van der Waals surface area contributed by atoms with Crippen LogP contribution >= 0.6 is 0 Å². The Morgan fingerprint density at radius 1 is 1.19 bits per heavy atom. The molecule has 1 fully saturated rings. The second-order valence-electron chi connectivity index (χ2n) is 7.53. The van der Waals surface area contributed by atoms with Crippen LogP contribution in [0.3, 0.4) is 0 Å². The van der Waals surface area contributed by atoms with Gasteiger partial charge >= 0.3 is 5.97 Å². The number of hydrogen-bond acceptors (Lipinski definition) is 7. The molecule has 31 heavy (non-hydrogen) atoms. The second kappa shape index (κ2) is 12.1. The van der Waals surface area contributed by atoms with Crippen molar-refractivity contribution >= 4 is 29.7 Å². The molecule has 0 saturated carbocycles. The first kappa shape index (κ1) is 26.1. The Bertz CT molecular complexity index is 695. The number of nitrogens with one attached hydrogen (secondary N) is 2. The summed E-state index contributed by atoms with van der Waals surface area (Å²) in [7, 11) is 0. The van der Waals surface area contributed by atoms with Crippen LogP contribution in [0.2, 0.25) is 0 Å². The van der Waals surface area contributed by atoms with Gasteiger partial charge in [-0.2, -0.15) is 0 Å². The normalized spacial score (nSPS) is 19.6. The molecule has 0 aromatic rings. The topological polar surface area (TPSA) is 226 Å². The molecule has 1 rings (SSSR count). The maximum atomic E-state index is 12.9. The molecule has 5 unspecified atom stereocenters. The number of nitrogens with zero attached hydrogens (tertiary/aromatic N) is 2. The van der Waals surface area contributed by atoms with E-state index in [0.717, 1.165) is 0 Å². The Morgan fingerprint density at radius 2 is 1.84 bits per heavy atom. The summed E-state index contributed by atoms with van der Waals surface area (Å²) in [5, 5.41) is 23.5. The van der Waals surface area contributed by atoms with Crippen molar-refractivity contribution in [2.45, 2.75) is 69.8 Å². The molecule has 1 aliphatic heterocycles. The molecule has 0 radical (unpaired) electrons. The molecule has 0 aliphatic carbocycles. The van der Waals surface area contributed by atoms with Crippen LogP contribution < -0.4 is 27.8 Å². The van der Waals surface area contributed by atoms with Gasteiger partial charge in [0.25, 0.3) is 0 Å². The number of carboxylic acid groups (broad SMARTS) is 1. The van der Waals surface area contributed by atoms with Gasteiger partial charge in [-0.1, -0.05) is 0 Å². The van der Waals surface area contributed by atoms with E-state index in [-0.39, 0.29) is 18.9 Å². The molecule has 13 heteroatoms. The fourth-order valence-corrected chi connectivity index (χ4v) is 3.12. The van der Waals surface area contributed by atoms with Crippen LogP contribution in [-0.4, -0.2) is 88.1 Å². The van der Waals surface area contributed by atoms with Gasteiger partial charge in [-0.05, 0) is 39.5 Å². The SMILES string of the molecule is CC(NC(=O)C(CCCN=C(N)N)NC(=O)C1CCCN1C(=O)C(N)C(C)O)C(=O)O. The quantitative estimate of drug-likeness (QED) is 0.0968. The number of amides is 3. The number of carboxylic acids is 1. The van der Waals surface area contributed by atoms with Crippen molar-refractivity contribution in [3.63, 3.8) is 0 Å². The summed E-state index contributed by atoms with van der Waals surface area (Å²) < 4.78 is 0. The molecule has 13 nitrogen and oxygen atoms in total. The molecule has 0 bridgehead atoms. The Kier molecular flexibility index (Phi) is 10.1. The average molecular weight is 444 g/mol. The van der Waals surface area contributed by atoms with Crippen molar-refractivity contribution in [2.24, 2.45) is 22.2 Å². The number of nitrogens with two attached hydrogens (primary N) is 3. The van der Waals surface area contributed by atoms with Gasteiger partial charge in [0, 0.05) is 13.1 Å². The molecule has 3 amide bonds. The standard InChI is InChI=1S/C18H33N7O6/c1-9(17(30)31)23-14(27)11(5-3-7-22-18(20)21)24-15(28)12-6-4-8-25(12)16(29)13(19)10(2)26/h9-13,26H,3-8,19H2,1-2H3,(H,23,27)(H,24,28)(H,30,31)(H4,20,21,22). The van der Waals surface area contributed by atoms with Crippen LogP contribution in [0.15, 0.2) is 4.99 Å². The smallest absolute Gasteiger partial charge is 0.325 e. The third-order valence-corrected chi connectivity index (χ3v) is 4.95. The van der Waals surface area contributed by atoms with Gasteiger partial charge < -0.3 is 42.9 Å². The molecule has 0 aromatic carbocycles. The Morgan fingerprint density at radius 3 is 2.39 bits per heavy atom. The molecule has 0 aromatic heterocycles. The van der Waals surface area contributed by atoms with Crippen molar-refractivity contribution < 1.29 is 29.4 Å². The summed E-state index contributed by atoms with van der Waals surface area (Å²) in [4.78, 5) is 54.0. The van der Waals surface area contributed by atoms with E-state index in [0.29, 0.717) is 25.8 Å². The number of rotatable bonds is 11. The average Bonchev–Trinajstić information content (AvgIpc) is 3.18. The van der Waals surface area contributed by atoms with Crippen molar-refractivity contribution in [3.05, 3.63) is 0 Å². The lowest BCUT2D eigenvalue weighted by atomic mass is 10.1. The number of hydrogen-bond donors (Lipinski definition) is 7. The van der Waals surface area contributed by atoms with Crippen LogP contribution in [0.5, 0.6) is 0 Å². The lowest BCUT2D eigenvalue weighted by molar-refractivity contribution is -0.143. The van der Waals surface area contributed by atoms with Crippen molar-refractivity contribution in [1.82, 2.24) is 15.5 Å². The predicted molar refractivity (Wildman–Crippen MR) is 111 cm³/mol. The first-order valence-corrected chi connectivity index (χ1v) is 10.1. The molecular weight excluding hydrogens is 410 g/mol. The summed E-state index contributed by atoms with van der Waals surface area (Å²) in [6.07, 6.45) is 0.349. The number of guanidine groups is 1. The zero-order chi connectivity index (χ0) is 23.7. The largest absolute Gasteiger partial charge is 0.480 e. The summed E-state index contributed by atoms with van der Waals surface area (Å²) in [6, 6.07) is -4.21. The fraction of sp³-hybridized carbons (Fsp3) is 0.722. The minimum Gasteiger partial charge on any atom is -0.480 e. The maximum absolute atomic E-state index is 12.9. The minimum absolute atomic E-state index is 0.112. The van der Waals surface area contributed by atoms with E-state index >= 15 is 0 Å². The van der Waals surface area contributed by atoms with Crippen molar-refractivity contribution in [1.29, 1.82) is 0 Å². The van der Waals surface area contributed by atoms with E-state index in [1.165, 1.54) is 18.7 Å². The monoisotopic (exact) mass is 443 g/mol. The predicted octanol–water partition coefficient (Wildman–Crippen LogP) is -3.19. The number of carbonyl (C=O) groups excluding carboxylic acids is 3. The Labute approximate surface area is 180 Å². The van der Waals surface area contributed by atoms with E-state index in [2.05, 4.69) is 15.6 Å². The van der Waals surface area contributed by atoms with Crippen molar-refractivity contribution in [2.75, 3.05) is 13.1 Å². The zero-order valence-electron chi connectivity index (χ0n) is 17.8. The minimum atomic E-state index is -1.22. The molecule has 5 atom stereocenters. The number of aliphatic hydroxyl groups excluding tert-OH is 1. The highest BCUT2D eigenvalue weighted by Crippen LogP contribution is 2.19. The summed E-state index contributed by atoms with van der Waals surface area (Å²) in [5.41, 5.74) is 16.3. The lowest BCUT2D eigenvalue weighted by Crippen LogP contribution is -2.57. The van der Waals surface area contributed by atoms with E-state index in [1.54, 1.807) is 0 Å². The van der Waals surface area contributed by atoms with Gasteiger partial charge in [0.1, 0.15) is 24.2 Å². The Balaban J connectivity index is 2.88. The molecule has 1 heterocycles. The highest BCUT2D eigenvalue weighted by molar-refractivity contribution is 5.94. The molecule has 1 saturated heterocycles. The van der Waals surface area contributed by atoms with Crippen molar-refractivity contribution in [3.8, 4) is 0 Å². The van der Waals surface area contributed by atoms with Crippen LogP contribution in [0.25, 0.3) is 0 Å². The molecule has 10 N–H and O–H groups in total. The molecule has 176 valence electrons. The van der Waals surface area contributed by atoms with Crippen LogP contribution in [-0.2, 0) is 19.2 Å². The third kappa shape index (κ3) is 8.02. The molecule has 0 spiro atoms. The van der Waals surface area contributed by atoms with E-state index < -0.39 is 54.0 Å². The third-order valence-electron chi connectivity index (χ3n) is 4.95. The number of aliphatic hydroxyl groups is 1. The second-order valence-corrected chi connectivity index (χ2v) is 7.53. The van der Waals surface area contributed by atoms with Gasteiger partial charge in [0.15, 0.2) is 5.96 Å². The zero-order valence-corrected chi connectivity index (χ0v) is 17.8. The number of carbonyl (C=O) groups is 4. The van der Waals surface area contributed by atoms with Crippen LogP contribution in [0, 0.1) is 0 Å². The van der Waals surface area contributed by atoms with E-state index in [4.69, 9.17) is 22.3 Å². The highest BCUT2D eigenvalue weighted by Gasteiger charge is 2.38. The fourth-order valence-electron chi connectivity index (χ4n) is 3.12. The number of likely N-dealkylation sites (tertiary alicyclic amines) is 1. The first-order chi connectivity index (χ1) is 14.5. The van der Waals surface area contributed by atoms with Gasteiger partial charge in [-0.25, -0.2) is 0 Å². The van der Waals surface area contributed by atoms with E-state index in [9.17, 15) is 24.3 Å². The first-order valence-electron chi connectivity index (χ1n) is 10.1. The summed E-state index contributed by atoms with van der Waals surface area (Å²) in [6.45, 7) is 3.20. The molecule has 1 aliphatic rings. The van der Waals surface area contributed by atoms with E-state index in [1.807, 2.05) is 0 Å². The number of aliphatic imine (C=N–C) groups is 1. The van der Waals surface area contributed by atoms with Gasteiger partial charge in [-0.3, -0.25) is 24.2 Å². The molecular formula is C18H33N7O6. The maximum Gasteiger partial charge on any atom is 0.325 e. The lowest BCUT2D eigenvalue weighted by Gasteiger charge is -2.29. The van der Waals surface area contributed by atoms with Gasteiger partial charge in [0.05, 0.1) is 6.10 Å². The summed E-state index contributed by atoms with van der Waals surface area (Å²) in [5.74, 6) is -3.13. The van der Waals surface area contributed by atoms with Gasteiger partial charge in [-0.15, -0.1) is 0 Å². The highest BCUT2D eigenvalue weighted by atomic mass is 16.4. The Hall–Kier alpha value is -2.93.